The summed E-state index contributed by atoms with van der Waals surface area (Å²) in [7, 11) is 0. The molecule has 0 spiro atoms. The lowest BCUT2D eigenvalue weighted by Crippen LogP contribution is -2.48. The van der Waals surface area contributed by atoms with Crippen molar-refractivity contribution < 1.29 is 9.90 Å². The van der Waals surface area contributed by atoms with Gasteiger partial charge in [0.1, 0.15) is 5.84 Å². The van der Waals surface area contributed by atoms with Crippen LogP contribution in [0.5, 0.6) is 0 Å². The number of fused-ring (bicyclic) bond motifs is 3. The van der Waals surface area contributed by atoms with Crippen LogP contribution in [0.4, 0.5) is 11.4 Å². The minimum absolute atomic E-state index is 0.249. The quantitative estimate of drug-likeness (QED) is 0.706. The number of aryl methyl sites for hydroxylation is 3. The summed E-state index contributed by atoms with van der Waals surface area (Å²) in [6.07, 6.45) is 1.25. The average molecular weight is 391 g/mol. The first kappa shape index (κ1) is 17.5. The third kappa shape index (κ3) is 2.38. The van der Waals surface area contributed by atoms with Crippen LogP contribution in [-0.2, 0) is 6.42 Å². The Bertz CT molecular complexity index is 1180. The van der Waals surface area contributed by atoms with Crippen LogP contribution >= 0.6 is 11.3 Å². The number of rotatable bonds is 2. The molecule has 3 aromatic rings. The fourth-order valence-electron chi connectivity index (χ4n) is 4.03. The lowest BCUT2D eigenvalue weighted by atomic mass is 9.86. The van der Waals surface area contributed by atoms with Crippen LogP contribution in [-0.4, -0.2) is 33.9 Å². The second-order valence-corrected chi connectivity index (χ2v) is 8.71. The summed E-state index contributed by atoms with van der Waals surface area (Å²) in [5, 5.41) is 12.3. The van der Waals surface area contributed by atoms with E-state index in [2.05, 4.69) is 18.0 Å². The number of aromatic nitrogens is 1. The van der Waals surface area contributed by atoms with Gasteiger partial charge in [0, 0.05) is 24.2 Å². The number of hydrogen-bond donors (Lipinski definition) is 1. The number of nitrogens with zero attached hydrogens (tertiary/aromatic N) is 3. The number of carbonyl (C=O) groups is 1. The molecule has 6 heteroatoms. The molecule has 3 heterocycles. The number of hydrogen-bond acceptors (Lipinski definition) is 6. The topological polar surface area (TPSA) is 65.8 Å². The van der Waals surface area contributed by atoms with Crippen LogP contribution in [0.25, 0.3) is 10.2 Å². The molecule has 0 unspecified atom stereocenters. The second-order valence-electron chi connectivity index (χ2n) is 7.59. The monoisotopic (exact) mass is 391 g/mol. The molecule has 1 saturated heterocycles. The minimum atomic E-state index is -1.56. The largest absolute Gasteiger partial charge is 0.374 e. The van der Waals surface area contributed by atoms with Gasteiger partial charge >= 0.3 is 0 Å². The van der Waals surface area contributed by atoms with Gasteiger partial charge in [-0.2, -0.15) is 0 Å². The Hall–Kier alpha value is -2.57. The van der Waals surface area contributed by atoms with E-state index in [0.717, 1.165) is 38.5 Å². The molecule has 1 atom stereocenters. The van der Waals surface area contributed by atoms with E-state index in [1.54, 1.807) is 11.3 Å². The van der Waals surface area contributed by atoms with Crippen LogP contribution < -0.4 is 4.90 Å². The molecule has 1 aromatic heterocycles. The molecule has 28 heavy (non-hydrogen) atoms. The summed E-state index contributed by atoms with van der Waals surface area (Å²) in [6.45, 7) is 6.63. The van der Waals surface area contributed by atoms with Gasteiger partial charge in [-0.3, -0.25) is 4.79 Å². The number of carbonyl (C=O) groups excluding carboxylic acids is 1. The predicted molar refractivity (Wildman–Crippen MR) is 113 cm³/mol. The second kappa shape index (κ2) is 5.96. The molecular weight excluding hydrogens is 370 g/mol. The molecule has 142 valence electrons. The van der Waals surface area contributed by atoms with E-state index in [0.29, 0.717) is 30.1 Å². The van der Waals surface area contributed by atoms with Crippen molar-refractivity contribution in [2.24, 2.45) is 4.99 Å². The zero-order valence-corrected chi connectivity index (χ0v) is 16.9. The number of benzene rings is 2. The molecule has 0 saturated carbocycles. The first-order valence-corrected chi connectivity index (χ1v) is 10.4. The summed E-state index contributed by atoms with van der Waals surface area (Å²) in [5.41, 5.74) is 3.58. The van der Waals surface area contributed by atoms with Crippen molar-refractivity contribution in [3.05, 3.63) is 52.0 Å². The number of Topliss-reactive ketones (excluding diaryl/α,β-unsaturated/α-hetero) is 1. The van der Waals surface area contributed by atoms with Gasteiger partial charge in [-0.05, 0) is 61.7 Å². The first-order chi connectivity index (χ1) is 13.4. The molecule has 0 aliphatic carbocycles. The molecule has 5 rings (SSSR count). The number of thiazole rings is 1. The van der Waals surface area contributed by atoms with Crippen LogP contribution in [0.1, 0.15) is 39.8 Å². The van der Waals surface area contributed by atoms with Crippen LogP contribution in [0.2, 0.25) is 0 Å². The smallest absolute Gasteiger partial charge is 0.204 e. The summed E-state index contributed by atoms with van der Waals surface area (Å²) in [4.78, 5) is 24.5. The van der Waals surface area contributed by atoms with Crippen molar-refractivity contribution in [3.63, 3.8) is 0 Å². The van der Waals surface area contributed by atoms with E-state index in [9.17, 15) is 9.90 Å². The first-order valence-electron chi connectivity index (χ1n) is 9.55. The highest BCUT2D eigenvalue weighted by Gasteiger charge is 2.52. The van der Waals surface area contributed by atoms with Crippen LogP contribution in [0.3, 0.4) is 0 Å². The molecule has 0 bridgehead atoms. The third-order valence-corrected chi connectivity index (χ3v) is 6.99. The summed E-state index contributed by atoms with van der Waals surface area (Å²) < 4.78 is 1.15. The van der Waals surface area contributed by atoms with Gasteiger partial charge in [-0.25, -0.2) is 9.98 Å². The third-order valence-electron chi connectivity index (χ3n) is 5.81. The fraction of sp³-hybridized carbons (Fsp3) is 0.318. The Labute approximate surface area is 167 Å². The molecule has 5 nitrogen and oxygen atoms in total. The molecule has 2 aliphatic rings. The van der Waals surface area contributed by atoms with Gasteiger partial charge in [0.05, 0.1) is 20.9 Å². The van der Waals surface area contributed by atoms with E-state index in [4.69, 9.17) is 4.99 Å². The Morgan fingerprint density at radius 3 is 2.79 bits per heavy atom. The Kier molecular flexibility index (Phi) is 3.73. The maximum Gasteiger partial charge on any atom is 0.204 e. The Morgan fingerprint density at radius 1 is 1.21 bits per heavy atom. The number of aliphatic hydroxyl groups is 1. The molecule has 1 N–H and O–H groups in total. The van der Waals surface area contributed by atoms with Crippen molar-refractivity contribution in [2.45, 2.75) is 39.2 Å². The SMILES string of the molecule is CCc1nc2cc(N3CC[C@@]4(O)C(=O)c5cc(C)c(C)cc5N=C34)ccc2s1. The van der Waals surface area contributed by atoms with Gasteiger partial charge in [0.2, 0.25) is 5.78 Å². The van der Waals surface area contributed by atoms with E-state index in [1.165, 1.54) is 0 Å². The highest BCUT2D eigenvalue weighted by molar-refractivity contribution is 7.18. The van der Waals surface area contributed by atoms with E-state index < -0.39 is 5.60 Å². The Balaban J connectivity index is 1.64. The highest BCUT2D eigenvalue weighted by Crippen LogP contribution is 2.41. The zero-order chi connectivity index (χ0) is 19.6. The predicted octanol–water partition coefficient (Wildman–Crippen LogP) is 4.34. The van der Waals surface area contributed by atoms with Crippen molar-refractivity contribution in [1.82, 2.24) is 4.98 Å². The van der Waals surface area contributed by atoms with Crippen molar-refractivity contribution in [1.29, 1.82) is 0 Å². The summed E-state index contributed by atoms with van der Waals surface area (Å²) in [5.74, 6) is 0.180. The highest BCUT2D eigenvalue weighted by atomic mass is 32.1. The van der Waals surface area contributed by atoms with Crippen molar-refractivity contribution in [2.75, 3.05) is 11.4 Å². The van der Waals surface area contributed by atoms with Gasteiger partial charge in [-0.1, -0.05) is 6.92 Å². The number of anilines is 1. The van der Waals surface area contributed by atoms with Crippen molar-refractivity contribution in [3.8, 4) is 0 Å². The molecule has 0 radical (unpaired) electrons. The number of aliphatic imine (C=N–C) groups is 1. The molecule has 2 aliphatic heterocycles. The lowest BCUT2D eigenvalue weighted by molar-refractivity contribution is 0.0602. The summed E-state index contributed by atoms with van der Waals surface area (Å²) in [6, 6.07) is 9.89. The average Bonchev–Trinajstić information content (AvgIpc) is 3.25. The minimum Gasteiger partial charge on any atom is -0.374 e. The number of ketones is 1. The fourth-order valence-corrected chi connectivity index (χ4v) is 4.92. The van der Waals surface area contributed by atoms with Gasteiger partial charge in [0.15, 0.2) is 5.60 Å². The number of amidine groups is 1. The van der Waals surface area contributed by atoms with E-state index >= 15 is 0 Å². The van der Waals surface area contributed by atoms with Gasteiger partial charge in [-0.15, -0.1) is 11.3 Å². The van der Waals surface area contributed by atoms with Crippen molar-refractivity contribution >= 4 is 44.5 Å². The van der Waals surface area contributed by atoms with Gasteiger partial charge < -0.3 is 10.0 Å². The lowest BCUT2D eigenvalue weighted by Gasteiger charge is -2.30. The van der Waals surface area contributed by atoms with Crippen LogP contribution in [0, 0.1) is 13.8 Å². The molecule has 1 fully saturated rings. The zero-order valence-electron chi connectivity index (χ0n) is 16.1. The molecule has 2 aromatic carbocycles. The summed E-state index contributed by atoms with van der Waals surface area (Å²) >= 11 is 1.70. The maximum atomic E-state index is 13.1. The van der Waals surface area contributed by atoms with Gasteiger partial charge in [0.25, 0.3) is 0 Å². The van der Waals surface area contributed by atoms with E-state index in [-0.39, 0.29) is 5.78 Å². The molecule has 0 amide bonds. The Morgan fingerprint density at radius 2 is 2.00 bits per heavy atom. The molecular formula is C22H21N3O2S. The standard InChI is InChI=1S/C22H21N3O2S/c1-4-19-23-17-11-14(5-6-18(17)28-19)25-8-7-22(27)20(26)15-9-12(2)13(3)10-16(15)24-21(22)25/h5-6,9-11,27H,4,7-8H2,1-3H3/t22-/m1/s1. The van der Waals surface area contributed by atoms with E-state index in [1.807, 2.05) is 43.0 Å². The normalized spacial score (nSPS) is 21.1. The maximum absolute atomic E-state index is 13.1. The van der Waals surface area contributed by atoms with Crippen LogP contribution in [0.15, 0.2) is 35.3 Å².